The number of aryl methyl sites for hydroxylation is 1. The first-order valence-electron chi connectivity index (χ1n) is 10.1. The van der Waals surface area contributed by atoms with Gasteiger partial charge in [-0.1, -0.05) is 46.9 Å². The second-order valence-electron chi connectivity index (χ2n) is 7.68. The number of halogens is 3. The van der Waals surface area contributed by atoms with Crippen LogP contribution in [0.4, 0.5) is 5.69 Å². The van der Waals surface area contributed by atoms with Crippen LogP contribution in [0.1, 0.15) is 22.5 Å². The van der Waals surface area contributed by atoms with Gasteiger partial charge in [0.25, 0.3) is 5.91 Å². The van der Waals surface area contributed by atoms with Gasteiger partial charge in [-0.3, -0.25) is 9.10 Å². The highest BCUT2D eigenvalue weighted by Crippen LogP contribution is 2.31. The Morgan fingerprint density at radius 3 is 2.41 bits per heavy atom. The minimum Gasteiger partial charge on any atom is -0.316 e. The van der Waals surface area contributed by atoms with E-state index < -0.39 is 22.5 Å². The van der Waals surface area contributed by atoms with Crippen molar-refractivity contribution in [1.82, 2.24) is 9.99 Å². The van der Waals surface area contributed by atoms with Crippen LogP contribution < -0.4 is 9.73 Å². The first kappa shape index (κ1) is 26.1. The molecule has 0 radical (unpaired) electrons. The zero-order valence-corrected chi connectivity index (χ0v) is 22.0. The monoisotopic (exact) mass is 540 g/mol. The topological polar surface area (TPSA) is 83.8 Å². The second-order valence-corrected chi connectivity index (χ2v) is 10.8. The van der Waals surface area contributed by atoms with Crippen LogP contribution in [0.15, 0.2) is 47.6 Å². The van der Waals surface area contributed by atoms with Crippen molar-refractivity contribution in [3.8, 4) is 5.69 Å². The van der Waals surface area contributed by atoms with Gasteiger partial charge in [-0.05, 0) is 56.7 Å². The molecule has 0 saturated heterocycles. The predicted octanol–water partition coefficient (Wildman–Crippen LogP) is 5.28. The number of carbonyl (C=O) groups excluding carboxylic acids is 1. The Morgan fingerprint density at radius 1 is 1.09 bits per heavy atom. The third kappa shape index (κ3) is 5.58. The number of nitrogens with zero attached hydrogens (tertiary/aromatic N) is 3. The summed E-state index contributed by atoms with van der Waals surface area (Å²) >= 11 is 18.7. The molecule has 0 fully saturated rings. The van der Waals surface area contributed by atoms with Gasteiger partial charge in [0.15, 0.2) is 0 Å². The number of aromatic nitrogens is 1. The number of hydrogen-bond acceptors (Lipinski definition) is 4. The van der Waals surface area contributed by atoms with E-state index in [9.17, 15) is 13.2 Å². The minimum absolute atomic E-state index is 0.330. The van der Waals surface area contributed by atoms with Gasteiger partial charge in [-0.2, -0.15) is 5.10 Å². The largest absolute Gasteiger partial charge is 0.316 e. The summed E-state index contributed by atoms with van der Waals surface area (Å²) in [6, 6.07) is 12.1. The van der Waals surface area contributed by atoms with Crippen molar-refractivity contribution in [2.75, 3.05) is 17.1 Å². The number of rotatable bonds is 7. The number of anilines is 1. The Bertz CT molecular complexity index is 1380. The molecule has 0 saturated carbocycles. The van der Waals surface area contributed by atoms with Gasteiger partial charge < -0.3 is 4.57 Å². The predicted molar refractivity (Wildman–Crippen MR) is 139 cm³/mol. The molecule has 34 heavy (non-hydrogen) atoms. The van der Waals surface area contributed by atoms with Crippen molar-refractivity contribution in [1.29, 1.82) is 0 Å². The maximum absolute atomic E-state index is 12.5. The summed E-state index contributed by atoms with van der Waals surface area (Å²) < 4.78 is 27.6. The third-order valence-corrected chi connectivity index (χ3v) is 7.58. The standard InChI is InChI=1S/C23H23Cl3N4O3S/c1-14-11-17(16(3)30(14)21-10-6-8-19(25)23(21)26)12-27-28-22(31)13-29(34(4,32)33)20-9-5-7-18(24)15(20)2/h5-12H,13H2,1-4H3,(H,28,31)/b27-12-. The molecule has 0 aliphatic rings. The van der Waals surface area contributed by atoms with Gasteiger partial charge in [0.2, 0.25) is 10.0 Å². The van der Waals surface area contributed by atoms with Crippen LogP contribution in [0, 0.1) is 20.8 Å². The Balaban J connectivity index is 1.80. The second kappa shape index (κ2) is 10.4. The number of nitrogens with one attached hydrogen (secondary N) is 1. The molecule has 11 heteroatoms. The molecule has 7 nitrogen and oxygen atoms in total. The lowest BCUT2D eigenvalue weighted by Crippen LogP contribution is -2.39. The van der Waals surface area contributed by atoms with Gasteiger partial charge in [0.05, 0.1) is 33.9 Å². The van der Waals surface area contributed by atoms with Gasteiger partial charge >= 0.3 is 0 Å². The van der Waals surface area contributed by atoms with Crippen LogP contribution in [-0.2, 0) is 14.8 Å². The van der Waals surface area contributed by atoms with Crippen LogP contribution >= 0.6 is 34.8 Å². The average molecular weight is 542 g/mol. The number of hydrogen-bond donors (Lipinski definition) is 1. The summed E-state index contributed by atoms with van der Waals surface area (Å²) in [6.45, 7) is 5.04. The fraction of sp³-hybridized carbons (Fsp3) is 0.217. The normalized spacial score (nSPS) is 11.7. The highest BCUT2D eigenvalue weighted by atomic mass is 35.5. The molecule has 0 atom stereocenters. The van der Waals surface area contributed by atoms with Crippen LogP contribution in [-0.4, -0.2) is 37.9 Å². The molecule has 0 unspecified atom stereocenters. The highest BCUT2D eigenvalue weighted by molar-refractivity contribution is 7.92. The van der Waals surface area contributed by atoms with Crippen molar-refractivity contribution in [3.05, 3.63) is 80.0 Å². The highest BCUT2D eigenvalue weighted by Gasteiger charge is 2.23. The quantitative estimate of drug-likeness (QED) is 0.326. The molecule has 1 N–H and O–H groups in total. The zero-order chi connectivity index (χ0) is 25.2. The average Bonchev–Trinajstić information content (AvgIpc) is 3.03. The molecule has 3 aromatic rings. The summed E-state index contributed by atoms with van der Waals surface area (Å²) in [6.07, 6.45) is 2.52. The molecule has 1 aromatic heterocycles. The number of hydrazone groups is 1. The van der Waals surface area contributed by atoms with Gasteiger partial charge in [0, 0.05) is 22.0 Å². The molecule has 0 aliphatic heterocycles. The van der Waals surface area contributed by atoms with E-state index in [0.717, 1.165) is 33.2 Å². The first-order chi connectivity index (χ1) is 15.9. The molecule has 0 spiro atoms. The molecule has 1 amide bonds. The fourth-order valence-electron chi connectivity index (χ4n) is 3.54. The summed E-state index contributed by atoms with van der Waals surface area (Å²) in [5, 5.41) is 5.29. The maximum Gasteiger partial charge on any atom is 0.260 e. The molecule has 3 rings (SSSR count). The molecule has 0 aliphatic carbocycles. The lowest BCUT2D eigenvalue weighted by Gasteiger charge is -2.23. The van der Waals surface area contributed by atoms with Crippen molar-refractivity contribution in [3.63, 3.8) is 0 Å². The Morgan fingerprint density at radius 2 is 1.74 bits per heavy atom. The molecule has 180 valence electrons. The molecular formula is C23H23Cl3N4O3S. The Kier molecular flexibility index (Phi) is 7.98. The number of carbonyl (C=O) groups is 1. The lowest BCUT2D eigenvalue weighted by molar-refractivity contribution is -0.119. The van der Waals surface area contributed by atoms with Crippen molar-refractivity contribution >= 4 is 62.6 Å². The van der Waals surface area contributed by atoms with E-state index in [-0.39, 0.29) is 0 Å². The molecular weight excluding hydrogens is 519 g/mol. The van der Waals surface area contributed by atoms with Crippen LogP contribution in [0.2, 0.25) is 15.1 Å². The number of sulfonamides is 1. The van der Waals surface area contributed by atoms with Crippen LogP contribution in [0.3, 0.4) is 0 Å². The van der Waals surface area contributed by atoms with E-state index in [1.165, 1.54) is 6.21 Å². The number of benzene rings is 2. The van der Waals surface area contributed by atoms with Crippen LogP contribution in [0.5, 0.6) is 0 Å². The van der Waals surface area contributed by atoms with Gasteiger partial charge in [-0.15, -0.1) is 0 Å². The molecule has 1 heterocycles. The third-order valence-electron chi connectivity index (χ3n) is 5.23. The molecule has 2 aromatic carbocycles. The van der Waals surface area contributed by atoms with Crippen LogP contribution in [0.25, 0.3) is 5.69 Å². The first-order valence-corrected chi connectivity index (χ1v) is 13.1. The zero-order valence-electron chi connectivity index (χ0n) is 18.9. The lowest BCUT2D eigenvalue weighted by atomic mass is 10.2. The SMILES string of the molecule is Cc1c(Cl)cccc1N(CC(=O)N/N=C\c1cc(C)n(-c2cccc(Cl)c2Cl)c1C)S(C)(=O)=O. The van der Waals surface area contributed by atoms with E-state index in [1.807, 2.05) is 36.6 Å². The summed E-state index contributed by atoms with van der Waals surface area (Å²) in [5.74, 6) is -0.604. The summed E-state index contributed by atoms with van der Waals surface area (Å²) in [4.78, 5) is 12.5. The van der Waals surface area contributed by atoms with Crippen molar-refractivity contribution in [2.45, 2.75) is 20.8 Å². The fourth-order valence-corrected chi connectivity index (χ4v) is 5.00. The number of amides is 1. The smallest absolute Gasteiger partial charge is 0.260 e. The summed E-state index contributed by atoms with van der Waals surface area (Å²) in [5.41, 5.74) is 6.49. The molecule has 0 bridgehead atoms. The van der Waals surface area contributed by atoms with Crippen molar-refractivity contribution < 1.29 is 13.2 Å². The maximum atomic E-state index is 12.5. The minimum atomic E-state index is -3.74. The van der Waals surface area contributed by atoms with E-state index in [4.69, 9.17) is 34.8 Å². The Hall–Kier alpha value is -2.52. The van der Waals surface area contributed by atoms with Gasteiger partial charge in [0.1, 0.15) is 6.54 Å². The van der Waals surface area contributed by atoms with E-state index in [2.05, 4.69) is 10.5 Å². The van der Waals surface area contributed by atoms with Crippen molar-refractivity contribution in [2.24, 2.45) is 5.10 Å². The van der Waals surface area contributed by atoms with E-state index >= 15 is 0 Å². The van der Waals surface area contributed by atoms with E-state index in [0.29, 0.717) is 26.3 Å². The van der Waals surface area contributed by atoms with E-state index in [1.54, 1.807) is 31.2 Å². The summed E-state index contributed by atoms with van der Waals surface area (Å²) in [7, 11) is -3.74. The van der Waals surface area contributed by atoms with Gasteiger partial charge in [-0.25, -0.2) is 13.8 Å². The Labute approximate surface area is 214 Å².